The molecule has 0 aliphatic rings. The summed E-state index contributed by atoms with van der Waals surface area (Å²) in [5, 5.41) is 2.77. The van der Waals surface area contributed by atoms with Crippen LogP contribution in [-0.2, 0) is 4.79 Å². The van der Waals surface area contributed by atoms with Crippen molar-refractivity contribution < 1.29 is 14.3 Å². The van der Waals surface area contributed by atoms with Gasteiger partial charge in [0.15, 0.2) is 0 Å². The number of amides is 2. The van der Waals surface area contributed by atoms with Gasteiger partial charge in [0.05, 0.1) is 13.7 Å². The van der Waals surface area contributed by atoms with E-state index in [4.69, 9.17) is 10.5 Å². The van der Waals surface area contributed by atoms with Crippen molar-refractivity contribution in [3.05, 3.63) is 23.8 Å². The molecular formula is C15H23N3O3. The highest BCUT2D eigenvalue weighted by Crippen LogP contribution is 2.19. The maximum absolute atomic E-state index is 12.5. The van der Waals surface area contributed by atoms with Crippen LogP contribution in [0.4, 0.5) is 5.69 Å². The third-order valence-electron chi connectivity index (χ3n) is 2.86. The summed E-state index contributed by atoms with van der Waals surface area (Å²) >= 11 is 0. The number of nitrogen functional groups attached to an aromatic ring is 1. The molecule has 0 atom stereocenters. The summed E-state index contributed by atoms with van der Waals surface area (Å²) in [6.07, 6.45) is 0. The molecule has 0 aliphatic heterocycles. The van der Waals surface area contributed by atoms with Crippen LogP contribution in [-0.4, -0.2) is 43.0 Å². The van der Waals surface area contributed by atoms with Crippen LogP contribution in [0.15, 0.2) is 18.2 Å². The molecule has 1 aromatic carbocycles. The van der Waals surface area contributed by atoms with Gasteiger partial charge in [-0.2, -0.15) is 0 Å². The molecule has 3 N–H and O–H groups in total. The van der Waals surface area contributed by atoms with Crippen LogP contribution in [0.1, 0.15) is 31.1 Å². The van der Waals surface area contributed by atoms with E-state index in [1.165, 1.54) is 12.0 Å². The number of nitrogens with one attached hydrogen (secondary N) is 1. The molecule has 1 rings (SSSR count). The molecule has 0 saturated carbocycles. The van der Waals surface area contributed by atoms with Crippen LogP contribution in [0.3, 0.4) is 0 Å². The second-order valence-electron chi connectivity index (χ2n) is 5.04. The molecule has 2 amide bonds. The van der Waals surface area contributed by atoms with Crippen molar-refractivity contribution in [3.63, 3.8) is 0 Å². The quantitative estimate of drug-likeness (QED) is 0.773. The summed E-state index contributed by atoms with van der Waals surface area (Å²) in [5.74, 6) is 0.0825. The van der Waals surface area contributed by atoms with E-state index < -0.39 is 0 Å². The molecule has 0 aliphatic carbocycles. The van der Waals surface area contributed by atoms with E-state index in [-0.39, 0.29) is 24.4 Å². The highest BCUT2D eigenvalue weighted by molar-refractivity contribution is 5.97. The maximum Gasteiger partial charge on any atom is 0.254 e. The average Bonchev–Trinajstić information content (AvgIpc) is 2.42. The molecular weight excluding hydrogens is 270 g/mol. The van der Waals surface area contributed by atoms with Gasteiger partial charge in [0.2, 0.25) is 5.91 Å². The number of methoxy groups -OCH3 is 1. The van der Waals surface area contributed by atoms with Crippen molar-refractivity contribution in [1.29, 1.82) is 0 Å². The number of benzene rings is 1. The Morgan fingerprint density at radius 3 is 2.52 bits per heavy atom. The summed E-state index contributed by atoms with van der Waals surface area (Å²) in [5.41, 5.74) is 6.60. The fourth-order valence-corrected chi connectivity index (χ4v) is 1.91. The van der Waals surface area contributed by atoms with Crippen molar-refractivity contribution in [3.8, 4) is 5.75 Å². The molecule has 0 heterocycles. The molecule has 6 nitrogen and oxygen atoms in total. The molecule has 0 fully saturated rings. The summed E-state index contributed by atoms with van der Waals surface area (Å²) in [4.78, 5) is 25.7. The van der Waals surface area contributed by atoms with E-state index in [2.05, 4.69) is 5.32 Å². The molecule has 0 bridgehead atoms. The van der Waals surface area contributed by atoms with Gasteiger partial charge in [-0.25, -0.2) is 0 Å². The number of carbonyl (C=O) groups excluding carboxylic acids is 2. The Bertz CT molecular complexity index is 515. The largest absolute Gasteiger partial charge is 0.497 e. The Hall–Kier alpha value is -2.24. The monoisotopic (exact) mass is 293 g/mol. The molecule has 0 radical (unpaired) electrons. The first-order valence-electron chi connectivity index (χ1n) is 6.90. The van der Waals surface area contributed by atoms with E-state index in [1.807, 2.05) is 20.8 Å². The molecule has 21 heavy (non-hydrogen) atoms. The summed E-state index contributed by atoms with van der Waals surface area (Å²) < 4.78 is 5.10. The van der Waals surface area contributed by atoms with Gasteiger partial charge in [-0.3, -0.25) is 9.59 Å². The fraction of sp³-hybridized carbons (Fsp3) is 0.467. The molecule has 0 spiro atoms. The zero-order valence-corrected chi connectivity index (χ0v) is 13.0. The highest BCUT2D eigenvalue weighted by Gasteiger charge is 2.18. The van der Waals surface area contributed by atoms with Gasteiger partial charge in [-0.05, 0) is 32.9 Å². The Morgan fingerprint density at radius 1 is 1.33 bits per heavy atom. The Kier molecular flexibility index (Phi) is 6.02. The number of ether oxygens (including phenoxy) is 1. The Labute approximate surface area is 125 Å². The summed E-state index contributed by atoms with van der Waals surface area (Å²) in [6.45, 7) is 6.02. The topological polar surface area (TPSA) is 84.7 Å². The molecule has 1 aromatic rings. The Balaban J connectivity index is 2.88. The minimum absolute atomic E-state index is 0.0185. The zero-order chi connectivity index (χ0) is 16.0. The van der Waals surface area contributed by atoms with E-state index >= 15 is 0 Å². The van der Waals surface area contributed by atoms with Crippen LogP contribution in [0, 0.1) is 0 Å². The third-order valence-corrected chi connectivity index (χ3v) is 2.86. The summed E-state index contributed by atoms with van der Waals surface area (Å²) in [6, 6.07) is 4.87. The van der Waals surface area contributed by atoms with E-state index in [1.54, 1.807) is 18.2 Å². The lowest BCUT2D eigenvalue weighted by atomic mass is 10.1. The predicted molar refractivity (Wildman–Crippen MR) is 82.3 cm³/mol. The standard InChI is InChI=1S/C15H23N3O3/c1-5-18(9-14(19)17-10(2)3)15(20)11-6-12(16)8-13(7-11)21-4/h6-8,10H,5,9,16H2,1-4H3,(H,17,19). The third kappa shape index (κ3) is 4.98. The van der Waals surface area contributed by atoms with Crippen molar-refractivity contribution in [1.82, 2.24) is 10.2 Å². The number of hydrogen-bond acceptors (Lipinski definition) is 4. The van der Waals surface area contributed by atoms with Crippen LogP contribution in [0.2, 0.25) is 0 Å². The second-order valence-corrected chi connectivity index (χ2v) is 5.04. The molecule has 0 aromatic heterocycles. The number of carbonyl (C=O) groups is 2. The van der Waals surface area contributed by atoms with Crippen LogP contribution in [0.5, 0.6) is 5.75 Å². The van der Waals surface area contributed by atoms with Crippen molar-refractivity contribution in [2.24, 2.45) is 0 Å². The van der Waals surface area contributed by atoms with Gasteiger partial charge >= 0.3 is 0 Å². The predicted octanol–water partition coefficient (Wildman–Crippen LogP) is 1.26. The number of likely N-dealkylation sites (N-methyl/N-ethyl adjacent to an activating group) is 1. The first-order valence-corrected chi connectivity index (χ1v) is 6.90. The van der Waals surface area contributed by atoms with Gasteiger partial charge in [0, 0.05) is 29.9 Å². The van der Waals surface area contributed by atoms with Crippen LogP contribution < -0.4 is 15.8 Å². The zero-order valence-electron chi connectivity index (χ0n) is 13.0. The first-order chi connectivity index (χ1) is 9.87. The number of nitrogens with zero attached hydrogens (tertiary/aromatic N) is 1. The molecule has 6 heteroatoms. The molecule has 0 unspecified atom stereocenters. The van der Waals surface area contributed by atoms with Crippen molar-refractivity contribution in [2.75, 3.05) is 25.9 Å². The van der Waals surface area contributed by atoms with E-state index in [9.17, 15) is 9.59 Å². The normalized spacial score (nSPS) is 10.3. The first kappa shape index (κ1) is 16.8. The molecule has 116 valence electrons. The van der Waals surface area contributed by atoms with Gasteiger partial charge in [0.1, 0.15) is 5.75 Å². The van der Waals surface area contributed by atoms with Gasteiger partial charge in [-0.15, -0.1) is 0 Å². The smallest absolute Gasteiger partial charge is 0.254 e. The number of anilines is 1. The van der Waals surface area contributed by atoms with E-state index in [0.717, 1.165) is 0 Å². The van der Waals surface area contributed by atoms with Crippen molar-refractivity contribution in [2.45, 2.75) is 26.8 Å². The minimum Gasteiger partial charge on any atom is -0.497 e. The second kappa shape index (κ2) is 7.52. The van der Waals surface area contributed by atoms with Crippen molar-refractivity contribution >= 4 is 17.5 Å². The number of nitrogens with two attached hydrogens (primary N) is 1. The highest BCUT2D eigenvalue weighted by atomic mass is 16.5. The van der Waals surface area contributed by atoms with Gasteiger partial charge < -0.3 is 20.7 Å². The number of rotatable bonds is 6. The number of hydrogen-bond donors (Lipinski definition) is 2. The lowest BCUT2D eigenvalue weighted by Gasteiger charge is -2.21. The lowest BCUT2D eigenvalue weighted by molar-refractivity contribution is -0.122. The minimum atomic E-state index is -0.248. The van der Waals surface area contributed by atoms with Gasteiger partial charge in [0.25, 0.3) is 5.91 Å². The lowest BCUT2D eigenvalue weighted by Crippen LogP contribution is -2.42. The SMILES string of the molecule is CCN(CC(=O)NC(C)C)C(=O)c1cc(N)cc(OC)c1. The fourth-order valence-electron chi connectivity index (χ4n) is 1.91. The van der Waals surface area contributed by atoms with E-state index in [0.29, 0.717) is 23.5 Å². The van der Waals surface area contributed by atoms with Crippen LogP contribution in [0.25, 0.3) is 0 Å². The summed E-state index contributed by atoms with van der Waals surface area (Å²) in [7, 11) is 1.51. The maximum atomic E-state index is 12.5. The van der Waals surface area contributed by atoms with Gasteiger partial charge in [-0.1, -0.05) is 0 Å². The molecule has 0 saturated heterocycles. The van der Waals surface area contributed by atoms with Crippen LogP contribution >= 0.6 is 0 Å². The average molecular weight is 293 g/mol. The Morgan fingerprint density at radius 2 is 2.00 bits per heavy atom.